The van der Waals surface area contributed by atoms with Gasteiger partial charge in [0.2, 0.25) is 0 Å². The van der Waals surface area contributed by atoms with Gasteiger partial charge in [0.15, 0.2) is 9.84 Å². The highest BCUT2D eigenvalue weighted by Gasteiger charge is 2.22. The quantitative estimate of drug-likeness (QED) is 0.258. The van der Waals surface area contributed by atoms with Gasteiger partial charge in [-0.05, 0) is 72.5 Å². The second kappa shape index (κ2) is 12.5. The number of aromatic nitrogens is 1. The van der Waals surface area contributed by atoms with E-state index in [9.17, 15) is 17.6 Å². The standard InChI is InChI=1S/C30H29FN2O5S/c1-37-25-11-4-10-24(18-25)30(34)33-16-5-9-21-7-3-8-22(17-21)20-39(35,36)28-19-23(13-14-27(28)38-2)29-26(31)12-6-15-32-29/h3-4,6-8,10-15,17-19H,5,9,16,20H2,1-2H3,(H,33,34). The number of rotatable bonds is 11. The van der Waals surface area contributed by atoms with E-state index in [0.29, 0.717) is 41.8 Å². The number of nitrogens with zero attached hydrogens (tertiary/aromatic N) is 1. The average Bonchev–Trinajstić information content (AvgIpc) is 2.95. The molecule has 3 aromatic carbocycles. The van der Waals surface area contributed by atoms with Crippen molar-refractivity contribution in [3.05, 3.63) is 108 Å². The number of hydrogen-bond donors (Lipinski definition) is 1. The van der Waals surface area contributed by atoms with Crippen molar-refractivity contribution in [1.82, 2.24) is 10.3 Å². The smallest absolute Gasteiger partial charge is 0.251 e. The van der Waals surface area contributed by atoms with Crippen molar-refractivity contribution in [3.8, 4) is 22.8 Å². The second-order valence-electron chi connectivity index (χ2n) is 8.87. The van der Waals surface area contributed by atoms with Gasteiger partial charge in [-0.3, -0.25) is 9.78 Å². The third-order valence-corrected chi connectivity index (χ3v) is 7.84. The van der Waals surface area contributed by atoms with Gasteiger partial charge in [0.25, 0.3) is 5.91 Å². The molecule has 1 heterocycles. The first-order chi connectivity index (χ1) is 18.8. The molecule has 0 spiro atoms. The molecule has 0 atom stereocenters. The van der Waals surface area contributed by atoms with E-state index in [1.54, 1.807) is 43.5 Å². The average molecular weight is 549 g/mol. The summed E-state index contributed by atoms with van der Waals surface area (Å²) >= 11 is 0. The number of sulfone groups is 1. The molecule has 4 rings (SSSR count). The van der Waals surface area contributed by atoms with E-state index in [1.807, 2.05) is 18.2 Å². The molecular weight excluding hydrogens is 519 g/mol. The minimum atomic E-state index is -3.83. The van der Waals surface area contributed by atoms with Crippen LogP contribution in [0.5, 0.6) is 11.5 Å². The predicted molar refractivity (Wildman–Crippen MR) is 147 cm³/mol. The number of hydrogen-bond acceptors (Lipinski definition) is 6. The number of ether oxygens (including phenoxy) is 2. The molecular formula is C30H29FN2O5S. The highest BCUT2D eigenvalue weighted by Crippen LogP contribution is 2.32. The number of pyridine rings is 1. The summed E-state index contributed by atoms with van der Waals surface area (Å²) in [7, 11) is -0.891. The Morgan fingerprint density at radius 3 is 2.49 bits per heavy atom. The van der Waals surface area contributed by atoms with Gasteiger partial charge in [-0.1, -0.05) is 30.3 Å². The Bertz CT molecular complexity index is 1570. The fraction of sp³-hybridized carbons (Fsp3) is 0.200. The number of aryl methyl sites for hydroxylation is 1. The van der Waals surface area contributed by atoms with Crippen LogP contribution in [0.25, 0.3) is 11.3 Å². The van der Waals surface area contributed by atoms with Crippen LogP contribution < -0.4 is 14.8 Å². The maximum atomic E-state index is 14.3. The molecule has 0 saturated heterocycles. The summed E-state index contributed by atoms with van der Waals surface area (Å²) in [6.07, 6.45) is 2.79. The molecule has 0 unspecified atom stereocenters. The topological polar surface area (TPSA) is 94.6 Å². The summed E-state index contributed by atoms with van der Waals surface area (Å²) < 4.78 is 51.6. The zero-order chi connectivity index (χ0) is 27.8. The lowest BCUT2D eigenvalue weighted by atomic mass is 10.1. The van der Waals surface area contributed by atoms with Gasteiger partial charge in [0.1, 0.15) is 27.9 Å². The maximum Gasteiger partial charge on any atom is 0.251 e. The molecule has 4 aromatic rings. The van der Waals surface area contributed by atoms with Gasteiger partial charge in [-0.25, -0.2) is 12.8 Å². The Balaban J connectivity index is 1.42. The van der Waals surface area contributed by atoms with E-state index in [4.69, 9.17) is 9.47 Å². The van der Waals surface area contributed by atoms with E-state index in [0.717, 1.165) is 5.56 Å². The van der Waals surface area contributed by atoms with Gasteiger partial charge in [-0.15, -0.1) is 0 Å². The van der Waals surface area contributed by atoms with Crippen LogP contribution in [-0.4, -0.2) is 40.1 Å². The van der Waals surface area contributed by atoms with Crippen molar-refractivity contribution in [3.63, 3.8) is 0 Å². The fourth-order valence-corrected chi connectivity index (χ4v) is 5.74. The molecule has 1 aromatic heterocycles. The molecule has 7 nitrogen and oxygen atoms in total. The normalized spacial score (nSPS) is 11.2. The van der Waals surface area contributed by atoms with Crippen molar-refractivity contribution in [2.45, 2.75) is 23.5 Å². The first-order valence-corrected chi connectivity index (χ1v) is 14.0. The van der Waals surface area contributed by atoms with Crippen LogP contribution in [0.1, 0.15) is 27.9 Å². The summed E-state index contributed by atoms with van der Waals surface area (Å²) in [5.74, 6) is -0.188. The minimum Gasteiger partial charge on any atom is -0.497 e. The summed E-state index contributed by atoms with van der Waals surface area (Å²) in [5, 5.41) is 2.89. The van der Waals surface area contributed by atoms with Crippen LogP contribution in [-0.2, 0) is 22.0 Å². The lowest BCUT2D eigenvalue weighted by Crippen LogP contribution is -2.24. The summed E-state index contributed by atoms with van der Waals surface area (Å²) in [5.41, 5.74) is 2.50. The number of benzene rings is 3. The zero-order valence-electron chi connectivity index (χ0n) is 21.7. The zero-order valence-corrected chi connectivity index (χ0v) is 22.5. The molecule has 202 valence electrons. The Kier molecular flexibility index (Phi) is 8.93. The predicted octanol–water partition coefficient (Wildman–Crippen LogP) is 5.24. The van der Waals surface area contributed by atoms with Crippen LogP contribution >= 0.6 is 0 Å². The van der Waals surface area contributed by atoms with Crippen molar-refractivity contribution in [2.75, 3.05) is 20.8 Å². The Hall–Kier alpha value is -4.24. The fourth-order valence-electron chi connectivity index (χ4n) is 4.20. The van der Waals surface area contributed by atoms with Crippen molar-refractivity contribution < 1.29 is 27.1 Å². The number of methoxy groups -OCH3 is 2. The summed E-state index contributed by atoms with van der Waals surface area (Å²) in [6, 6.07) is 21.5. The highest BCUT2D eigenvalue weighted by atomic mass is 32.2. The van der Waals surface area contributed by atoms with Gasteiger partial charge in [-0.2, -0.15) is 0 Å². The van der Waals surface area contributed by atoms with Gasteiger partial charge in [0, 0.05) is 23.9 Å². The molecule has 1 N–H and O–H groups in total. The molecule has 0 aliphatic heterocycles. The van der Waals surface area contributed by atoms with E-state index in [2.05, 4.69) is 10.3 Å². The summed E-state index contributed by atoms with van der Waals surface area (Å²) in [6.45, 7) is 0.465. The first kappa shape index (κ1) is 27.8. The van der Waals surface area contributed by atoms with Crippen LogP contribution in [0.3, 0.4) is 0 Å². The number of carbonyl (C=O) groups is 1. The van der Waals surface area contributed by atoms with Crippen LogP contribution in [0.2, 0.25) is 0 Å². The second-order valence-corrected chi connectivity index (χ2v) is 10.8. The Labute approximate surface area is 227 Å². The van der Waals surface area contributed by atoms with E-state index >= 15 is 0 Å². The molecule has 0 radical (unpaired) electrons. The van der Waals surface area contributed by atoms with Crippen LogP contribution in [0.4, 0.5) is 4.39 Å². The van der Waals surface area contributed by atoms with E-state index in [-0.39, 0.29) is 28.0 Å². The molecule has 39 heavy (non-hydrogen) atoms. The van der Waals surface area contributed by atoms with Gasteiger partial charge < -0.3 is 14.8 Å². The molecule has 9 heteroatoms. The van der Waals surface area contributed by atoms with Crippen molar-refractivity contribution >= 4 is 15.7 Å². The lowest BCUT2D eigenvalue weighted by molar-refractivity contribution is 0.0953. The Morgan fingerprint density at radius 2 is 1.72 bits per heavy atom. The Morgan fingerprint density at radius 1 is 0.923 bits per heavy atom. The van der Waals surface area contributed by atoms with E-state index < -0.39 is 15.7 Å². The highest BCUT2D eigenvalue weighted by molar-refractivity contribution is 7.90. The SMILES string of the molecule is COc1cccc(C(=O)NCCCc2cccc(CS(=O)(=O)c3cc(-c4ncccc4F)ccc3OC)c2)c1. The molecule has 0 fully saturated rings. The van der Waals surface area contributed by atoms with Gasteiger partial charge in [0.05, 0.1) is 20.0 Å². The first-order valence-electron chi connectivity index (χ1n) is 12.3. The van der Waals surface area contributed by atoms with Crippen molar-refractivity contribution in [1.29, 1.82) is 0 Å². The maximum absolute atomic E-state index is 14.3. The van der Waals surface area contributed by atoms with Gasteiger partial charge >= 0.3 is 0 Å². The minimum absolute atomic E-state index is 0.0294. The number of nitrogens with one attached hydrogen (secondary N) is 1. The van der Waals surface area contributed by atoms with Crippen LogP contribution in [0.15, 0.2) is 90.0 Å². The van der Waals surface area contributed by atoms with Crippen molar-refractivity contribution in [2.24, 2.45) is 0 Å². The van der Waals surface area contributed by atoms with E-state index in [1.165, 1.54) is 37.6 Å². The summed E-state index contributed by atoms with van der Waals surface area (Å²) in [4.78, 5) is 16.4. The number of amides is 1. The molecule has 0 aliphatic carbocycles. The molecule has 1 amide bonds. The number of halogens is 1. The lowest BCUT2D eigenvalue weighted by Gasteiger charge is -2.13. The molecule has 0 aliphatic rings. The third kappa shape index (κ3) is 7.00. The number of carbonyl (C=O) groups excluding carboxylic acids is 1. The largest absolute Gasteiger partial charge is 0.497 e. The molecule has 0 bridgehead atoms. The molecule has 0 saturated carbocycles. The van der Waals surface area contributed by atoms with Crippen LogP contribution in [0, 0.1) is 5.82 Å². The monoisotopic (exact) mass is 548 g/mol. The third-order valence-electron chi connectivity index (χ3n) is 6.14.